The molecule has 0 aromatic carbocycles. The second-order valence-corrected chi connectivity index (χ2v) is 11.8. The van der Waals surface area contributed by atoms with Crippen LogP contribution in [0.15, 0.2) is 17.6 Å². The summed E-state index contributed by atoms with van der Waals surface area (Å²) in [5.41, 5.74) is 3.95. The van der Waals surface area contributed by atoms with Gasteiger partial charge in [-0.25, -0.2) is 15.0 Å². The molecule has 2 saturated heterocycles. The summed E-state index contributed by atoms with van der Waals surface area (Å²) in [6.07, 6.45) is 4.00. The number of pyridine rings is 1. The molecule has 3 aromatic rings. The van der Waals surface area contributed by atoms with Gasteiger partial charge in [-0.05, 0) is 64.1 Å². The van der Waals surface area contributed by atoms with Crippen molar-refractivity contribution < 1.29 is 19.4 Å². The number of rotatable bonds is 8. The van der Waals surface area contributed by atoms with Crippen molar-refractivity contribution in [1.82, 2.24) is 19.9 Å². The summed E-state index contributed by atoms with van der Waals surface area (Å²) in [5.74, 6) is 1.53. The number of hydrogen-bond acceptors (Lipinski definition) is 10. The van der Waals surface area contributed by atoms with E-state index in [1.54, 1.807) is 31.6 Å². The number of Topliss-reactive ketones (excluding diaryl/α,β-unsaturated/α-hetero) is 1. The van der Waals surface area contributed by atoms with Gasteiger partial charge in [0.15, 0.2) is 0 Å². The molecule has 5 heterocycles. The third-order valence-corrected chi connectivity index (χ3v) is 8.61. The van der Waals surface area contributed by atoms with Crippen LogP contribution in [-0.4, -0.2) is 82.8 Å². The van der Waals surface area contributed by atoms with Crippen LogP contribution in [0.5, 0.6) is 5.88 Å². The van der Waals surface area contributed by atoms with Gasteiger partial charge in [-0.2, -0.15) is 0 Å². The lowest BCUT2D eigenvalue weighted by Gasteiger charge is -2.37. The second kappa shape index (κ2) is 11.2. The molecule has 0 aliphatic carbocycles. The highest BCUT2D eigenvalue weighted by Gasteiger charge is 2.31. The van der Waals surface area contributed by atoms with Crippen LogP contribution in [0.4, 0.5) is 5.95 Å². The Hall–Kier alpha value is -2.66. The van der Waals surface area contributed by atoms with Crippen LogP contribution >= 0.6 is 11.3 Å². The first kappa shape index (κ1) is 26.9. The van der Waals surface area contributed by atoms with Crippen LogP contribution in [0.25, 0.3) is 21.5 Å². The fraction of sp³-hybridized carbons (Fsp3) is 0.571. The third kappa shape index (κ3) is 5.83. The van der Waals surface area contributed by atoms with Gasteiger partial charge in [0, 0.05) is 48.9 Å². The molecule has 9 nitrogen and oxygen atoms in total. The number of anilines is 1. The predicted octanol–water partition coefficient (Wildman–Crippen LogP) is 3.71. The number of nitrogens with zero attached hydrogens (tertiary/aromatic N) is 5. The Morgan fingerprint density at radius 2 is 1.92 bits per heavy atom. The molecule has 0 radical (unpaired) electrons. The van der Waals surface area contributed by atoms with E-state index < -0.39 is 5.60 Å². The van der Waals surface area contributed by atoms with Crippen molar-refractivity contribution in [2.24, 2.45) is 5.92 Å². The number of aliphatic hydroxyl groups is 1. The first-order valence-electron chi connectivity index (χ1n) is 13.3. The van der Waals surface area contributed by atoms with E-state index in [1.165, 1.54) is 5.56 Å². The maximum Gasteiger partial charge on any atom is 0.226 e. The summed E-state index contributed by atoms with van der Waals surface area (Å²) in [5, 5.41) is 12.6. The highest BCUT2D eigenvalue weighted by molar-refractivity contribution is 7.17. The molecular formula is C28H37N5O4S. The van der Waals surface area contributed by atoms with Crippen molar-refractivity contribution in [3.63, 3.8) is 0 Å². The topological polar surface area (TPSA) is 101 Å². The summed E-state index contributed by atoms with van der Waals surface area (Å²) in [4.78, 5) is 31.2. The Balaban J connectivity index is 1.52. The van der Waals surface area contributed by atoms with Crippen molar-refractivity contribution in [2.45, 2.75) is 52.2 Å². The molecule has 0 unspecified atom stereocenters. The molecule has 0 bridgehead atoms. The van der Waals surface area contributed by atoms with Gasteiger partial charge < -0.3 is 19.5 Å². The van der Waals surface area contributed by atoms with Gasteiger partial charge in [-0.15, -0.1) is 11.3 Å². The van der Waals surface area contributed by atoms with Crippen LogP contribution in [0.2, 0.25) is 0 Å². The predicted molar refractivity (Wildman–Crippen MR) is 149 cm³/mol. The lowest BCUT2D eigenvalue weighted by atomic mass is 9.83. The maximum absolute atomic E-state index is 11.9. The summed E-state index contributed by atoms with van der Waals surface area (Å²) < 4.78 is 12.0. The number of methoxy groups -OCH3 is 1. The lowest BCUT2D eigenvalue weighted by molar-refractivity contribution is -0.116. The van der Waals surface area contributed by atoms with Gasteiger partial charge in [-0.3, -0.25) is 9.69 Å². The van der Waals surface area contributed by atoms with E-state index in [-0.39, 0.29) is 12.2 Å². The molecule has 2 aliphatic heterocycles. The number of carbonyl (C=O) groups is 1. The zero-order chi connectivity index (χ0) is 26.9. The Bertz CT molecular complexity index is 1290. The van der Waals surface area contributed by atoms with Gasteiger partial charge in [0.1, 0.15) is 5.78 Å². The standard InChI is InChI=1S/C28H37N5O4S/c1-18(34)13-19-14-20(15-29-26(19)36-4)23-25-24(31-27(30-23)33-9-11-37-12-10-33)21(17-38-25)16-32-7-5-22(6-8-32)28(2,3)35/h14-15,17,22,35H,5-13,16H2,1-4H3. The quantitative estimate of drug-likeness (QED) is 0.459. The summed E-state index contributed by atoms with van der Waals surface area (Å²) in [6.45, 7) is 10.9. The molecule has 2 aliphatic rings. The van der Waals surface area contributed by atoms with Crippen molar-refractivity contribution in [1.29, 1.82) is 0 Å². The number of morpholine rings is 1. The van der Waals surface area contributed by atoms with Gasteiger partial charge in [0.05, 0.1) is 41.8 Å². The van der Waals surface area contributed by atoms with E-state index in [0.29, 0.717) is 31.0 Å². The van der Waals surface area contributed by atoms with Gasteiger partial charge in [0.2, 0.25) is 11.8 Å². The SMILES string of the molecule is COc1ncc(-c2nc(N3CCOCC3)nc3c(CN4CCC(C(C)(C)O)CC4)csc23)cc1CC(C)=O. The van der Waals surface area contributed by atoms with Crippen LogP contribution in [0, 0.1) is 5.92 Å². The number of fused-ring (bicyclic) bond motifs is 1. The van der Waals surface area contributed by atoms with Gasteiger partial charge >= 0.3 is 0 Å². The zero-order valence-electron chi connectivity index (χ0n) is 22.7. The van der Waals surface area contributed by atoms with Crippen molar-refractivity contribution in [3.05, 3.63) is 28.8 Å². The molecule has 0 amide bonds. The van der Waals surface area contributed by atoms with Gasteiger partial charge in [0.25, 0.3) is 0 Å². The van der Waals surface area contributed by atoms with E-state index in [4.69, 9.17) is 19.4 Å². The van der Waals surface area contributed by atoms with Crippen molar-refractivity contribution >= 4 is 33.3 Å². The number of likely N-dealkylation sites (tertiary alicyclic amines) is 1. The fourth-order valence-electron chi connectivity index (χ4n) is 5.41. The highest BCUT2D eigenvalue weighted by Crippen LogP contribution is 2.37. The molecule has 38 heavy (non-hydrogen) atoms. The van der Waals surface area contributed by atoms with E-state index in [9.17, 15) is 9.90 Å². The highest BCUT2D eigenvalue weighted by atomic mass is 32.1. The minimum atomic E-state index is -0.635. The Kier molecular flexibility index (Phi) is 7.95. The molecule has 0 atom stereocenters. The maximum atomic E-state index is 11.9. The number of ketones is 1. The Morgan fingerprint density at radius 1 is 1.18 bits per heavy atom. The lowest BCUT2D eigenvalue weighted by Crippen LogP contribution is -2.41. The molecule has 10 heteroatoms. The Labute approximate surface area is 227 Å². The fourth-order valence-corrected chi connectivity index (χ4v) is 6.42. The molecule has 0 spiro atoms. The monoisotopic (exact) mass is 539 g/mol. The molecule has 204 valence electrons. The van der Waals surface area contributed by atoms with Crippen LogP contribution < -0.4 is 9.64 Å². The normalized spacial score (nSPS) is 17.8. The molecule has 2 fully saturated rings. The molecule has 5 rings (SSSR count). The van der Waals surface area contributed by atoms with Crippen LogP contribution in [0.1, 0.15) is 44.7 Å². The van der Waals surface area contributed by atoms with Crippen molar-refractivity contribution in [3.8, 4) is 17.1 Å². The second-order valence-electron chi connectivity index (χ2n) is 10.9. The molecular weight excluding hydrogens is 502 g/mol. The van der Waals surface area contributed by atoms with Crippen molar-refractivity contribution in [2.75, 3.05) is 51.4 Å². The average Bonchev–Trinajstić information content (AvgIpc) is 3.30. The largest absolute Gasteiger partial charge is 0.481 e. The van der Waals surface area contributed by atoms with E-state index in [0.717, 1.165) is 72.6 Å². The molecule has 3 aromatic heterocycles. The van der Waals surface area contributed by atoms with E-state index >= 15 is 0 Å². The smallest absolute Gasteiger partial charge is 0.226 e. The first-order valence-corrected chi connectivity index (χ1v) is 14.2. The minimum Gasteiger partial charge on any atom is -0.481 e. The molecule has 1 N–H and O–H groups in total. The number of carbonyl (C=O) groups excluding carboxylic acids is 1. The number of hydrogen-bond donors (Lipinski definition) is 1. The zero-order valence-corrected chi connectivity index (χ0v) is 23.5. The third-order valence-electron chi connectivity index (χ3n) is 7.58. The van der Waals surface area contributed by atoms with Gasteiger partial charge in [-0.1, -0.05) is 0 Å². The number of ether oxygens (including phenoxy) is 2. The van der Waals surface area contributed by atoms with Crippen LogP contribution in [0.3, 0.4) is 0 Å². The summed E-state index contributed by atoms with van der Waals surface area (Å²) >= 11 is 1.65. The van der Waals surface area contributed by atoms with E-state index in [2.05, 4.69) is 20.2 Å². The summed E-state index contributed by atoms with van der Waals surface area (Å²) in [6, 6.07) is 1.97. The number of piperidine rings is 1. The average molecular weight is 540 g/mol. The van der Waals surface area contributed by atoms with Crippen LogP contribution in [-0.2, 0) is 22.5 Å². The summed E-state index contributed by atoms with van der Waals surface area (Å²) in [7, 11) is 1.57. The first-order chi connectivity index (χ1) is 18.2. The minimum absolute atomic E-state index is 0.0517. The molecule has 0 saturated carbocycles. The number of thiophene rings is 1. The Morgan fingerprint density at radius 3 is 2.58 bits per heavy atom. The van der Waals surface area contributed by atoms with E-state index in [1.807, 2.05) is 19.9 Å². The number of aromatic nitrogens is 3.